The molecule has 1 aliphatic rings. The minimum atomic E-state index is -0.930. The summed E-state index contributed by atoms with van der Waals surface area (Å²) in [5.74, 6) is -1.43. The number of rotatable bonds is 3. The normalized spacial score (nSPS) is 19.5. The highest BCUT2D eigenvalue weighted by atomic mass is 16.6. The van der Waals surface area contributed by atoms with Crippen molar-refractivity contribution in [2.75, 3.05) is 12.3 Å². The lowest BCUT2D eigenvalue weighted by Gasteiger charge is -2.22. The van der Waals surface area contributed by atoms with Gasteiger partial charge in [0.1, 0.15) is 0 Å². The molecule has 17 heavy (non-hydrogen) atoms. The van der Waals surface area contributed by atoms with E-state index < -0.39 is 11.9 Å². The Morgan fingerprint density at radius 3 is 2.88 bits per heavy atom. The molecule has 2 rings (SSSR count). The van der Waals surface area contributed by atoms with Gasteiger partial charge < -0.3 is 15.7 Å². The van der Waals surface area contributed by atoms with Crippen molar-refractivity contribution in [1.82, 2.24) is 15.2 Å². The fraction of sp³-hybridized carbons (Fsp3) is 0.556. The maximum Gasteiger partial charge on any atom is 0.305 e. The molecule has 0 spiro atoms. The predicted molar refractivity (Wildman–Crippen MR) is 55.0 cm³/mol. The van der Waals surface area contributed by atoms with Crippen LogP contribution in [-0.2, 0) is 4.79 Å². The number of likely N-dealkylation sites (tertiary alicyclic amines) is 1. The molecule has 92 valence electrons. The second-order valence-electron chi connectivity index (χ2n) is 3.89. The van der Waals surface area contributed by atoms with Crippen LogP contribution in [0.2, 0.25) is 0 Å². The van der Waals surface area contributed by atoms with Crippen LogP contribution in [0.3, 0.4) is 0 Å². The second-order valence-corrected chi connectivity index (χ2v) is 3.89. The third kappa shape index (κ3) is 2.19. The van der Waals surface area contributed by atoms with E-state index >= 15 is 0 Å². The molecule has 0 saturated carbocycles. The minimum absolute atomic E-state index is 0.0534. The topological polar surface area (TPSA) is 123 Å². The zero-order valence-corrected chi connectivity index (χ0v) is 9.00. The first-order chi connectivity index (χ1) is 8.09. The van der Waals surface area contributed by atoms with Crippen LogP contribution in [0.25, 0.3) is 0 Å². The van der Waals surface area contributed by atoms with Crippen molar-refractivity contribution in [2.24, 2.45) is 0 Å². The molecule has 0 aromatic carbocycles. The van der Waals surface area contributed by atoms with E-state index in [-0.39, 0.29) is 24.0 Å². The van der Waals surface area contributed by atoms with Crippen molar-refractivity contribution in [3.8, 4) is 0 Å². The molecule has 0 aliphatic carbocycles. The van der Waals surface area contributed by atoms with E-state index in [1.165, 1.54) is 4.90 Å². The number of aromatic nitrogens is 2. The maximum atomic E-state index is 12.0. The first kappa shape index (κ1) is 11.4. The summed E-state index contributed by atoms with van der Waals surface area (Å²) in [6.45, 7) is 0.503. The smallest absolute Gasteiger partial charge is 0.305 e. The standard InChI is InChI=1S/C9H12N4O4/c10-8-7(11-17-12-8)9(16)13-3-1-2-5(13)4-6(14)15/h5H,1-4H2,(H2,10,12)(H,14,15). The number of carbonyl (C=O) groups is 2. The predicted octanol–water partition coefficient (Wildman–Crippen LogP) is -0.269. The molecule has 1 atom stereocenters. The average molecular weight is 240 g/mol. The van der Waals surface area contributed by atoms with Crippen LogP contribution in [0.1, 0.15) is 29.8 Å². The third-order valence-electron chi connectivity index (χ3n) is 2.76. The molecule has 1 aromatic heterocycles. The molecule has 1 unspecified atom stereocenters. The number of carbonyl (C=O) groups excluding carboxylic acids is 1. The van der Waals surface area contributed by atoms with Gasteiger partial charge in [0, 0.05) is 12.6 Å². The van der Waals surface area contributed by atoms with Crippen molar-refractivity contribution >= 4 is 17.7 Å². The number of nitrogens with zero attached hydrogens (tertiary/aromatic N) is 3. The first-order valence-electron chi connectivity index (χ1n) is 5.20. The highest BCUT2D eigenvalue weighted by molar-refractivity contribution is 5.96. The fourth-order valence-corrected chi connectivity index (χ4v) is 2.00. The SMILES string of the molecule is Nc1nonc1C(=O)N1CCCC1CC(=O)O. The van der Waals surface area contributed by atoms with E-state index in [9.17, 15) is 9.59 Å². The molecule has 0 bridgehead atoms. The quantitative estimate of drug-likeness (QED) is 0.745. The van der Waals surface area contributed by atoms with Gasteiger partial charge in [0.25, 0.3) is 5.91 Å². The van der Waals surface area contributed by atoms with Crippen LogP contribution >= 0.6 is 0 Å². The Morgan fingerprint density at radius 1 is 1.53 bits per heavy atom. The minimum Gasteiger partial charge on any atom is -0.481 e. The molecule has 1 saturated heterocycles. The van der Waals surface area contributed by atoms with Crippen LogP contribution in [-0.4, -0.2) is 44.8 Å². The molecule has 2 heterocycles. The molecule has 1 aliphatic heterocycles. The van der Waals surface area contributed by atoms with Gasteiger partial charge in [-0.1, -0.05) is 0 Å². The number of anilines is 1. The van der Waals surface area contributed by atoms with Crippen molar-refractivity contribution in [2.45, 2.75) is 25.3 Å². The van der Waals surface area contributed by atoms with Crippen molar-refractivity contribution in [3.63, 3.8) is 0 Å². The van der Waals surface area contributed by atoms with Crippen LogP contribution in [0, 0.1) is 0 Å². The third-order valence-corrected chi connectivity index (χ3v) is 2.76. The molecular formula is C9H12N4O4. The Hall–Kier alpha value is -2.12. The highest BCUT2D eigenvalue weighted by Crippen LogP contribution is 2.23. The maximum absolute atomic E-state index is 12.0. The summed E-state index contributed by atoms with van der Waals surface area (Å²) in [5, 5.41) is 15.5. The van der Waals surface area contributed by atoms with Gasteiger partial charge in [-0.25, -0.2) is 4.63 Å². The highest BCUT2D eigenvalue weighted by Gasteiger charge is 2.33. The van der Waals surface area contributed by atoms with E-state index in [0.717, 1.165) is 6.42 Å². The largest absolute Gasteiger partial charge is 0.481 e. The molecule has 8 heteroatoms. The van der Waals surface area contributed by atoms with Crippen molar-refractivity contribution < 1.29 is 19.3 Å². The Balaban J connectivity index is 2.14. The number of hydrogen-bond acceptors (Lipinski definition) is 6. The molecule has 3 N–H and O–H groups in total. The Bertz CT molecular complexity index is 444. The van der Waals surface area contributed by atoms with Crippen LogP contribution in [0.4, 0.5) is 5.82 Å². The van der Waals surface area contributed by atoms with Gasteiger partial charge in [0.2, 0.25) is 11.5 Å². The molecular weight excluding hydrogens is 228 g/mol. The van der Waals surface area contributed by atoms with Gasteiger partial charge in [-0.2, -0.15) is 0 Å². The zero-order valence-electron chi connectivity index (χ0n) is 9.00. The van der Waals surface area contributed by atoms with Gasteiger partial charge in [0.05, 0.1) is 6.42 Å². The van der Waals surface area contributed by atoms with Crippen LogP contribution < -0.4 is 5.73 Å². The zero-order chi connectivity index (χ0) is 12.4. The molecule has 1 fully saturated rings. The lowest BCUT2D eigenvalue weighted by molar-refractivity contribution is -0.137. The fourth-order valence-electron chi connectivity index (χ4n) is 2.00. The van der Waals surface area contributed by atoms with Crippen LogP contribution in [0.5, 0.6) is 0 Å². The van der Waals surface area contributed by atoms with Gasteiger partial charge in [-0.05, 0) is 23.2 Å². The lowest BCUT2D eigenvalue weighted by atomic mass is 10.1. The number of amides is 1. The van der Waals surface area contributed by atoms with E-state index in [0.29, 0.717) is 13.0 Å². The van der Waals surface area contributed by atoms with Gasteiger partial charge in [-0.3, -0.25) is 9.59 Å². The first-order valence-corrected chi connectivity index (χ1v) is 5.20. The molecule has 0 radical (unpaired) electrons. The average Bonchev–Trinajstić information content (AvgIpc) is 2.85. The monoisotopic (exact) mass is 240 g/mol. The summed E-state index contributed by atoms with van der Waals surface area (Å²) in [4.78, 5) is 24.1. The number of hydrogen-bond donors (Lipinski definition) is 2. The molecule has 1 aromatic rings. The van der Waals surface area contributed by atoms with Crippen LogP contribution in [0.15, 0.2) is 4.63 Å². The number of nitrogen functional groups attached to an aromatic ring is 1. The molecule has 8 nitrogen and oxygen atoms in total. The van der Waals surface area contributed by atoms with Crippen molar-refractivity contribution in [1.29, 1.82) is 0 Å². The summed E-state index contributed by atoms with van der Waals surface area (Å²) in [6, 6.07) is -0.309. The van der Waals surface area contributed by atoms with Gasteiger partial charge >= 0.3 is 5.97 Å². The Kier molecular flexibility index (Phi) is 2.94. The van der Waals surface area contributed by atoms with E-state index in [1.54, 1.807) is 0 Å². The molecule has 1 amide bonds. The van der Waals surface area contributed by atoms with Gasteiger partial charge in [-0.15, -0.1) is 0 Å². The second kappa shape index (κ2) is 4.40. The van der Waals surface area contributed by atoms with E-state index in [4.69, 9.17) is 10.8 Å². The van der Waals surface area contributed by atoms with E-state index in [2.05, 4.69) is 14.9 Å². The van der Waals surface area contributed by atoms with Crippen molar-refractivity contribution in [3.05, 3.63) is 5.69 Å². The summed E-state index contributed by atoms with van der Waals surface area (Å²) in [5.41, 5.74) is 5.37. The lowest BCUT2D eigenvalue weighted by Crippen LogP contribution is -2.37. The number of aliphatic carboxylic acids is 1. The van der Waals surface area contributed by atoms with E-state index in [1.807, 2.05) is 0 Å². The Labute approximate surface area is 96.3 Å². The number of nitrogens with two attached hydrogens (primary N) is 1. The summed E-state index contributed by atoms with van der Waals surface area (Å²) in [6.07, 6.45) is 1.37. The summed E-state index contributed by atoms with van der Waals surface area (Å²) < 4.78 is 4.35. The summed E-state index contributed by atoms with van der Waals surface area (Å²) in [7, 11) is 0. The summed E-state index contributed by atoms with van der Waals surface area (Å²) >= 11 is 0. The Morgan fingerprint density at radius 2 is 2.29 bits per heavy atom. The van der Waals surface area contributed by atoms with Gasteiger partial charge in [0.15, 0.2) is 0 Å². The number of carboxylic acid groups (broad SMARTS) is 1. The number of carboxylic acids is 1.